The Balaban J connectivity index is 1.64. The lowest BCUT2D eigenvalue weighted by atomic mass is 9.96. The summed E-state index contributed by atoms with van der Waals surface area (Å²) in [6.45, 7) is -0.663. The normalized spacial score (nSPS) is 20.5. The number of likely N-dealkylation sites (tertiary alicyclic amines) is 1. The van der Waals surface area contributed by atoms with Crippen molar-refractivity contribution in [1.82, 2.24) is 20.9 Å². The summed E-state index contributed by atoms with van der Waals surface area (Å²) in [6.07, 6.45) is 2.17. The zero-order chi connectivity index (χ0) is 17.6. The van der Waals surface area contributed by atoms with E-state index in [1.165, 1.54) is 11.3 Å². The molecule has 0 aromatic heterocycles. The van der Waals surface area contributed by atoms with E-state index < -0.39 is 18.8 Å². The predicted octanol–water partition coefficient (Wildman–Crippen LogP) is 2.35. The van der Waals surface area contributed by atoms with Gasteiger partial charge >= 0.3 is 18.2 Å². The highest BCUT2D eigenvalue weighted by molar-refractivity contribution is 5.75. The molecule has 0 atom stereocenters. The molecule has 1 heterocycles. The summed E-state index contributed by atoms with van der Waals surface area (Å²) in [5, 5.41) is 7.73. The van der Waals surface area contributed by atoms with Gasteiger partial charge in [0.1, 0.15) is 6.54 Å². The molecule has 138 valence electrons. The zero-order valence-corrected chi connectivity index (χ0v) is 13.6. The van der Waals surface area contributed by atoms with Crippen LogP contribution in [0.4, 0.5) is 22.8 Å². The molecule has 0 unspecified atom stereocenters. The molecular formula is C15H25F3N4O2. The van der Waals surface area contributed by atoms with Crippen molar-refractivity contribution in [3.8, 4) is 0 Å². The average Bonchev–Trinajstić information content (AvgIpc) is 2.53. The molecule has 9 heteroatoms. The van der Waals surface area contributed by atoms with Crippen LogP contribution < -0.4 is 16.0 Å². The summed E-state index contributed by atoms with van der Waals surface area (Å²) < 4.78 is 36.3. The molecule has 3 N–H and O–H groups in total. The Bertz CT molecular complexity index is 431. The summed E-state index contributed by atoms with van der Waals surface area (Å²) in [4.78, 5) is 25.0. The number of carbonyl (C=O) groups is 2. The van der Waals surface area contributed by atoms with Gasteiger partial charge in [-0.15, -0.1) is 0 Å². The Kier molecular flexibility index (Phi) is 6.56. The first-order chi connectivity index (χ1) is 11.3. The third-order valence-corrected chi connectivity index (χ3v) is 4.50. The van der Waals surface area contributed by atoms with Crippen LogP contribution in [0.5, 0.6) is 0 Å². The minimum Gasteiger partial charge on any atom is -0.335 e. The molecule has 2 rings (SSSR count). The number of nitrogens with one attached hydrogen (secondary N) is 3. The lowest BCUT2D eigenvalue weighted by Gasteiger charge is -2.33. The fourth-order valence-corrected chi connectivity index (χ4v) is 3.17. The van der Waals surface area contributed by atoms with Gasteiger partial charge in [0.2, 0.25) is 0 Å². The molecule has 0 radical (unpaired) electrons. The Labute approximate surface area is 139 Å². The standard InChI is InChI=1S/C15H25F3N4O2/c16-15(17,18)10-19-14(24)22-8-6-12(7-9-22)21-13(23)20-11-4-2-1-3-5-11/h11-12H,1-10H2,(H,19,24)(H2,20,21,23). The van der Waals surface area contributed by atoms with Crippen LogP contribution >= 0.6 is 0 Å². The van der Waals surface area contributed by atoms with Crippen LogP contribution in [0.15, 0.2) is 0 Å². The number of rotatable bonds is 3. The first kappa shape index (κ1) is 18.7. The number of carbonyl (C=O) groups excluding carboxylic acids is 2. The number of halogens is 3. The smallest absolute Gasteiger partial charge is 0.335 e. The van der Waals surface area contributed by atoms with E-state index in [1.54, 1.807) is 0 Å². The van der Waals surface area contributed by atoms with Gasteiger partial charge in [-0.1, -0.05) is 19.3 Å². The molecule has 24 heavy (non-hydrogen) atoms. The summed E-state index contributed by atoms with van der Waals surface area (Å²) >= 11 is 0. The molecule has 0 aromatic rings. The molecule has 6 nitrogen and oxygen atoms in total. The quantitative estimate of drug-likeness (QED) is 0.731. The van der Waals surface area contributed by atoms with Crippen molar-refractivity contribution < 1.29 is 22.8 Å². The third-order valence-electron chi connectivity index (χ3n) is 4.50. The topological polar surface area (TPSA) is 73.5 Å². The van der Waals surface area contributed by atoms with Crippen LogP contribution in [-0.2, 0) is 0 Å². The molecule has 0 spiro atoms. The molecule has 0 bridgehead atoms. The van der Waals surface area contributed by atoms with E-state index in [2.05, 4.69) is 10.6 Å². The molecule has 0 aromatic carbocycles. The van der Waals surface area contributed by atoms with Gasteiger partial charge in [0.15, 0.2) is 0 Å². The van der Waals surface area contributed by atoms with Gasteiger partial charge in [-0.25, -0.2) is 9.59 Å². The van der Waals surface area contributed by atoms with Crippen molar-refractivity contribution in [2.45, 2.75) is 63.2 Å². The van der Waals surface area contributed by atoms with Gasteiger partial charge < -0.3 is 20.9 Å². The van der Waals surface area contributed by atoms with E-state index in [1.807, 2.05) is 5.32 Å². The number of amides is 4. The van der Waals surface area contributed by atoms with Crippen molar-refractivity contribution >= 4 is 12.1 Å². The summed E-state index contributed by atoms with van der Waals surface area (Å²) in [6, 6.07) is -0.730. The van der Waals surface area contributed by atoms with Crippen LogP contribution in [0.1, 0.15) is 44.9 Å². The van der Waals surface area contributed by atoms with Crippen LogP contribution in [-0.4, -0.2) is 54.9 Å². The van der Waals surface area contributed by atoms with Gasteiger partial charge in [0.25, 0.3) is 0 Å². The second-order valence-corrected chi connectivity index (χ2v) is 6.49. The van der Waals surface area contributed by atoms with Crippen LogP contribution in [0.2, 0.25) is 0 Å². The average molecular weight is 350 g/mol. The van der Waals surface area contributed by atoms with Gasteiger partial charge in [0, 0.05) is 25.2 Å². The van der Waals surface area contributed by atoms with Gasteiger partial charge in [-0.05, 0) is 25.7 Å². The number of alkyl halides is 3. The Hall–Kier alpha value is -1.67. The van der Waals surface area contributed by atoms with Crippen molar-refractivity contribution in [2.24, 2.45) is 0 Å². The van der Waals surface area contributed by atoms with Gasteiger partial charge in [-0.2, -0.15) is 13.2 Å². The Morgan fingerprint density at radius 3 is 2.00 bits per heavy atom. The number of hydrogen-bond donors (Lipinski definition) is 3. The molecule has 1 aliphatic carbocycles. The van der Waals surface area contributed by atoms with Crippen molar-refractivity contribution in [2.75, 3.05) is 19.6 Å². The first-order valence-corrected chi connectivity index (χ1v) is 8.50. The maximum absolute atomic E-state index is 12.1. The van der Waals surface area contributed by atoms with Crippen LogP contribution in [0.25, 0.3) is 0 Å². The Morgan fingerprint density at radius 1 is 0.917 bits per heavy atom. The highest BCUT2D eigenvalue weighted by Crippen LogP contribution is 2.17. The summed E-state index contributed by atoms with van der Waals surface area (Å²) in [7, 11) is 0. The molecule has 4 amide bonds. The third kappa shape index (κ3) is 6.45. The Morgan fingerprint density at radius 2 is 1.46 bits per heavy atom. The molecule has 2 aliphatic rings. The maximum atomic E-state index is 12.1. The fourth-order valence-electron chi connectivity index (χ4n) is 3.17. The lowest BCUT2D eigenvalue weighted by Crippen LogP contribution is -2.53. The minimum atomic E-state index is -4.41. The first-order valence-electron chi connectivity index (χ1n) is 8.50. The van der Waals surface area contributed by atoms with Crippen molar-refractivity contribution in [3.05, 3.63) is 0 Å². The van der Waals surface area contributed by atoms with Gasteiger partial charge in [0.05, 0.1) is 0 Å². The van der Waals surface area contributed by atoms with Crippen molar-refractivity contribution in [1.29, 1.82) is 0 Å². The number of nitrogens with zero attached hydrogens (tertiary/aromatic N) is 1. The molecular weight excluding hydrogens is 325 g/mol. The number of hydrogen-bond acceptors (Lipinski definition) is 2. The van der Waals surface area contributed by atoms with Crippen LogP contribution in [0.3, 0.4) is 0 Å². The molecule has 2 fully saturated rings. The van der Waals surface area contributed by atoms with E-state index in [0.717, 1.165) is 25.7 Å². The van der Waals surface area contributed by atoms with Crippen LogP contribution in [0, 0.1) is 0 Å². The second kappa shape index (κ2) is 8.43. The summed E-state index contributed by atoms with van der Waals surface area (Å²) in [5.41, 5.74) is 0. The van der Waals surface area contributed by atoms with Gasteiger partial charge in [-0.3, -0.25) is 0 Å². The molecule has 1 saturated heterocycles. The van der Waals surface area contributed by atoms with Crippen molar-refractivity contribution in [3.63, 3.8) is 0 Å². The largest absolute Gasteiger partial charge is 0.405 e. The predicted molar refractivity (Wildman–Crippen MR) is 82.6 cm³/mol. The van der Waals surface area contributed by atoms with E-state index in [0.29, 0.717) is 25.9 Å². The zero-order valence-electron chi connectivity index (χ0n) is 13.6. The molecule has 1 saturated carbocycles. The summed E-state index contributed by atoms with van der Waals surface area (Å²) in [5.74, 6) is 0. The monoisotopic (exact) mass is 350 g/mol. The maximum Gasteiger partial charge on any atom is 0.405 e. The van der Waals surface area contributed by atoms with E-state index in [-0.39, 0.29) is 18.1 Å². The second-order valence-electron chi connectivity index (χ2n) is 6.49. The highest BCUT2D eigenvalue weighted by Gasteiger charge is 2.30. The number of urea groups is 2. The molecule has 1 aliphatic heterocycles. The van der Waals surface area contributed by atoms with E-state index >= 15 is 0 Å². The lowest BCUT2D eigenvalue weighted by molar-refractivity contribution is -0.123. The minimum absolute atomic E-state index is 0.0553. The fraction of sp³-hybridized carbons (Fsp3) is 0.867. The van der Waals surface area contributed by atoms with E-state index in [4.69, 9.17) is 0 Å². The van der Waals surface area contributed by atoms with E-state index in [9.17, 15) is 22.8 Å². The highest BCUT2D eigenvalue weighted by atomic mass is 19.4. The SMILES string of the molecule is O=C(NC1CCCCC1)NC1CCN(C(=O)NCC(F)(F)F)CC1. The number of piperidine rings is 1.